The molecule has 1 saturated heterocycles. The van der Waals surface area contributed by atoms with Crippen molar-refractivity contribution in [2.24, 2.45) is 5.92 Å². The Morgan fingerprint density at radius 2 is 2.12 bits per heavy atom. The maximum absolute atomic E-state index is 13.1. The van der Waals surface area contributed by atoms with Crippen LogP contribution < -0.4 is 0 Å². The van der Waals surface area contributed by atoms with Gasteiger partial charge in [-0.1, -0.05) is 19.1 Å². The van der Waals surface area contributed by atoms with E-state index in [-0.39, 0.29) is 11.7 Å². The Bertz CT molecular complexity index is 361. The van der Waals surface area contributed by atoms with Crippen LogP contribution in [0.2, 0.25) is 0 Å². The van der Waals surface area contributed by atoms with Gasteiger partial charge in [0.15, 0.2) is 0 Å². The summed E-state index contributed by atoms with van der Waals surface area (Å²) < 4.78 is 13.1. The topological polar surface area (TPSA) is 23.5 Å². The second-order valence-corrected chi connectivity index (χ2v) is 4.77. The summed E-state index contributed by atoms with van der Waals surface area (Å²) in [5, 5.41) is 10.2. The number of hydrogen-bond acceptors (Lipinski definition) is 2. The number of piperidine rings is 1. The molecule has 0 bridgehead atoms. The van der Waals surface area contributed by atoms with Gasteiger partial charge in [-0.25, -0.2) is 4.39 Å². The minimum absolute atomic E-state index is 0.264. The quantitative estimate of drug-likeness (QED) is 0.873. The smallest absolute Gasteiger partial charge is 0.123 e. The van der Waals surface area contributed by atoms with Gasteiger partial charge in [0.25, 0.3) is 0 Å². The third kappa shape index (κ3) is 3.05. The third-order valence-corrected chi connectivity index (χ3v) is 3.72. The van der Waals surface area contributed by atoms with Crippen molar-refractivity contribution in [2.75, 3.05) is 19.6 Å². The molecule has 0 spiro atoms. The first-order valence-electron chi connectivity index (χ1n) is 6.36. The van der Waals surface area contributed by atoms with Crippen LogP contribution in [-0.4, -0.2) is 29.6 Å². The molecule has 0 amide bonds. The monoisotopic (exact) mass is 237 g/mol. The van der Waals surface area contributed by atoms with Crippen LogP contribution in [0.5, 0.6) is 0 Å². The molecule has 3 heteroatoms. The Hall–Kier alpha value is -0.930. The normalized spacial score (nSPS) is 20.4. The number of nitrogens with zero attached hydrogens (tertiary/aromatic N) is 1. The molecular formula is C14H20FNO. The van der Waals surface area contributed by atoms with Crippen molar-refractivity contribution < 1.29 is 9.50 Å². The van der Waals surface area contributed by atoms with E-state index in [1.807, 2.05) is 0 Å². The molecular weight excluding hydrogens is 217 g/mol. The largest absolute Gasteiger partial charge is 0.388 e. The summed E-state index contributed by atoms with van der Waals surface area (Å²) in [6.07, 6.45) is 1.46. The zero-order valence-electron chi connectivity index (χ0n) is 10.3. The highest BCUT2D eigenvalue weighted by atomic mass is 19.1. The van der Waals surface area contributed by atoms with Gasteiger partial charge < -0.3 is 10.0 Å². The molecule has 1 heterocycles. The maximum Gasteiger partial charge on any atom is 0.123 e. The Labute approximate surface area is 102 Å². The molecule has 0 radical (unpaired) electrons. The summed E-state index contributed by atoms with van der Waals surface area (Å²) >= 11 is 0. The number of aliphatic hydroxyl groups is 1. The van der Waals surface area contributed by atoms with E-state index >= 15 is 0 Å². The summed E-state index contributed by atoms with van der Waals surface area (Å²) in [4.78, 5) is 2.38. The first-order chi connectivity index (χ1) is 8.20. The average Bonchev–Trinajstić information content (AvgIpc) is 2.38. The lowest BCUT2D eigenvalue weighted by Crippen LogP contribution is -2.35. The summed E-state index contributed by atoms with van der Waals surface area (Å²) in [5.41, 5.74) is 0.708. The van der Waals surface area contributed by atoms with Gasteiger partial charge in [0.1, 0.15) is 5.82 Å². The summed E-state index contributed by atoms with van der Waals surface area (Å²) in [6, 6.07) is 6.32. The van der Waals surface area contributed by atoms with Gasteiger partial charge in [0.2, 0.25) is 0 Å². The highest BCUT2D eigenvalue weighted by Gasteiger charge is 2.25. The van der Waals surface area contributed by atoms with Gasteiger partial charge in [-0.2, -0.15) is 0 Å². The number of likely N-dealkylation sites (tertiary alicyclic amines) is 1. The predicted octanol–water partition coefficient (Wildman–Crippen LogP) is 2.59. The van der Waals surface area contributed by atoms with E-state index in [1.54, 1.807) is 12.1 Å². The first-order valence-corrected chi connectivity index (χ1v) is 6.36. The van der Waals surface area contributed by atoms with Gasteiger partial charge in [-0.05, 0) is 56.1 Å². The van der Waals surface area contributed by atoms with Crippen LogP contribution in [0, 0.1) is 11.7 Å². The van der Waals surface area contributed by atoms with E-state index in [9.17, 15) is 9.50 Å². The molecule has 1 N–H and O–H groups in total. The molecule has 2 rings (SSSR count). The Morgan fingerprint density at radius 1 is 1.41 bits per heavy atom. The summed E-state index contributed by atoms with van der Waals surface area (Å²) in [6.45, 7) is 5.30. The molecule has 0 saturated carbocycles. The molecule has 1 aromatic carbocycles. The van der Waals surface area contributed by atoms with Gasteiger partial charge >= 0.3 is 0 Å². The number of aliphatic hydroxyl groups excluding tert-OH is 1. The zero-order valence-corrected chi connectivity index (χ0v) is 10.3. The lowest BCUT2D eigenvalue weighted by molar-refractivity contribution is 0.0602. The first kappa shape index (κ1) is 12.5. The lowest BCUT2D eigenvalue weighted by atomic mass is 9.87. The van der Waals surface area contributed by atoms with Gasteiger partial charge in [-0.15, -0.1) is 0 Å². The zero-order chi connectivity index (χ0) is 12.3. The SMILES string of the molecule is CCN1CCC(C(O)c2cccc(F)c2)CC1. The van der Waals surface area contributed by atoms with Crippen molar-refractivity contribution >= 4 is 0 Å². The standard InChI is InChI=1S/C14H20FNO/c1-2-16-8-6-11(7-9-16)14(17)12-4-3-5-13(15)10-12/h3-5,10-11,14,17H,2,6-9H2,1H3. The van der Waals surface area contributed by atoms with Crippen molar-refractivity contribution in [3.05, 3.63) is 35.6 Å². The van der Waals surface area contributed by atoms with Crippen LogP contribution >= 0.6 is 0 Å². The Balaban J connectivity index is 1.99. The number of benzene rings is 1. The van der Waals surface area contributed by atoms with Crippen LogP contribution in [0.4, 0.5) is 4.39 Å². The fourth-order valence-electron chi connectivity index (χ4n) is 2.55. The molecule has 0 aromatic heterocycles. The van der Waals surface area contributed by atoms with E-state index in [0.717, 1.165) is 32.5 Å². The van der Waals surface area contributed by atoms with Crippen molar-refractivity contribution in [1.82, 2.24) is 4.90 Å². The molecule has 1 unspecified atom stereocenters. The van der Waals surface area contributed by atoms with E-state index < -0.39 is 6.10 Å². The molecule has 1 fully saturated rings. The third-order valence-electron chi connectivity index (χ3n) is 3.72. The van der Waals surface area contributed by atoms with Crippen LogP contribution in [0.15, 0.2) is 24.3 Å². The maximum atomic E-state index is 13.1. The van der Waals surface area contributed by atoms with Crippen molar-refractivity contribution in [1.29, 1.82) is 0 Å². The molecule has 1 atom stereocenters. The fourth-order valence-corrected chi connectivity index (χ4v) is 2.55. The van der Waals surface area contributed by atoms with E-state index in [0.29, 0.717) is 5.56 Å². The molecule has 2 nitrogen and oxygen atoms in total. The van der Waals surface area contributed by atoms with Crippen LogP contribution in [0.1, 0.15) is 31.4 Å². The average molecular weight is 237 g/mol. The molecule has 17 heavy (non-hydrogen) atoms. The molecule has 0 aliphatic carbocycles. The van der Waals surface area contributed by atoms with Crippen molar-refractivity contribution in [3.8, 4) is 0 Å². The highest BCUT2D eigenvalue weighted by molar-refractivity contribution is 5.19. The Morgan fingerprint density at radius 3 is 2.71 bits per heavy atom. The van der Waals surface area contributed by atoms with E-state index in [1.165, 1.54) is 12.1 Å². The minimum Gasteiger partial charge on any atom is -0.388 e. The van der Waals surface area contributed by atoms with Gasteiger partial charge in [0.05, 0.1) is 6.10 Å². The molecule has 1 aromatic rings. The summed E-state index contributed by atoms with van der Waals surface area (Å²) in [5.74, 6) is -0.00727. The second-order valence-electron chi connectivity index (χ2n) is 4.77. The molecule has 1 aliphatic rings. The van der Waals surface area contributed by atoms with Crippen LogP contribution in [-0.2, 0) is 0 Å². The van der Waals surface area contributed by atoms with E-state index in [4.69, 9.17) is 0 Å². The summed E-state index contributed by atoms with van der Waals surface area (Å²) in [7, 11) is 0. The second kappa shape index (κ2) is 5.61. The van der Waals surface area contributed by atoms with Gasteiger partial charge in [-0.3, -0.25) is 0 Å². The fraction of sp³-hybridized carbons (Fsp3) is 0.571. The molecule has 1 aliphatic heterocycles. The Kier molecular flexibility index (Phi) is 4.13. The minimum atomic E-state index is -0.523. The van der Waals surface area contributed by atoms with E-state index in [2.05, 4.69) is 11.8 Å². The predicted molar refractivity (Wildman–Crippen MR) is 66.2 cm³/mol. The molecule has 94 valence electrons. The highest BCUT2D eigenvalue weighted by Crippen LogP contribution is 2.30. The number of halogens is 1. The van der Waals surface area contributed by atoms with Crippen molar-refractivity contribution in [3.63, 3.8) is 0 Å². The number of rotatable bonds is 3. The number of hydrogen-bond donors (Lipinski definition) is 1. The van der Waals surface area contributed by atoms with Gasteiger partial charge in [0, 0.05) is 0 Å². The van der Waals surface area contributed by atoms with Crippen molar-refractivity contribution in [2.45, 2.75) is 25.9 Å². The lowest BCUT2D eigenvalue weighted by Gasteiger charge is -2.33. The van der Waals surface area contributed by atoms with Crippen LogP contribution in [0.3, 0.4) is 0 Å². The van der Waals surface area contributed by atoms with Crippen LogP contribution in [0.25, 0.3) is 0 Å².